The van der Waals surface area contributed by atoms with Crippen molar-refractivity contribution in [1.29, 1.82) is 0 Å². The van der Waals surface area contributed by atoms with E-state index in [2.05, 4.69) is 35.9 Å². The van der Waals surface area contributed by atoms with Gasteiger partial charge in [0.15, 0.2) is 5.13 Å². The number of pyridine rings is 1. The van der Waals surface area contributed by atoms with Crippen LogP contribution in [-0.4, -0.2) is 25.4 Å². The number of rotatable bonds is 5. The molecular weight excluding hydrogens is 376 g/mol. The normalized spacial score (nSPS) is 11.4. The van der Waals surface area contributed by atoms with E-state index in [1.165, 1.54) is 23.6 Å². The van der Waals surface area contributed by atoms with E-state index in [4.69, 9.17) is 0 Å². The summed E-state index contributed by atoms with van der Waals surface area (Å²) in [6.07, 6.45) is 2.30. The summed E-state index contributed by atoms with van der Waals surface area (Å²) >= 11 is 4.56. The molecule has 0 radical (unpaired) electrons. The number of anilines is 2. The summed E-state index contributed by atoms with van der Waals surface area (Å²) in [7, 11) is -2.12. The fraction of sp³-hybridized carbons (Fsp3) is 0.333. The Kier molecular flexibility index (Phi) is 4.84. The second-order valence-corrected chi connectivity index (χ2v) is 8.00. The van der Waals surface area contributed by atoms with Crippen molar-refractivity contribution in [2.24, 2.45) is 0 Å². The molecule has 0 fully saturated rings. The van der Waals surface area contributed by atoms with E-state index in [0.29, 0.717) is 9.60 Å². The van der Waals surface area contributed by atoms with Crippen molar-refractivity contribution in [1.82, 2.24) is 9.97 Å². The molecule has 2 heterocycles. The first-order chi connectivity index (χ1) is 9.87. The molecule has 21 heavy (non-hydrogen) atoms. The lowest BCUT2D eigenvalue weighted by molar-refractivity contribution is 0.601. The molecule has 0 bridgehead atoms. The molecule has 6 nitrogen and oxygen atoms in total. The van der Waals surface area contributed by atoms with Gasteiger partial charge >= 0.3 is 0 Å². The molecule has 2 aromatic rings. The van der Waals surface area contributed by atoms with Gasteiger partial charge in [0.25, 0.3) is 10.0 Å². The number of aryl methyl sites for hydroxylation is 2. The van der Waals surface area contributed by atoms with Crippen LogP contribution in [0.3, 0.4) is 0 Å². The predicted molar refractivity (Wildman–Crippen MR) is 88.5 cm³/mol. The van der Waals surface area contributed by atoms with Gasteiger partial charge < -0.3 is 5.32 Å². The zero-order valence-corrected chi connectivity index (χ0v) is 15.0. The van der Waals surface area contributed by atoms with Crippen LogP contribution in [0.4, 0.5) is 10.9 Å². The van der Waals surface area contributed by atoms with Crippen LogP contribution in [0.2, 0.25) is 0 Å². The van der Waals surface area contributed by atoms with Crippen LogP contribution >= 0.6 is 27.3 Å². The molecule has 0 saturated carbocycles. The van der Waals surface area contributed by atoms with Gasteiger partial charge in [-0.25, -0.2) is 18.4 Å². The van der Waals surface area contributed by atoms with Crippen LogP contribution in [0.15, 0.2) is 21.6 Å². The molecule has 9 heteroatoms. The highest BCUT2D eigenvalue weighted by Crippen LogP contribution is 2.28. The maximum Gasteiger partial charge on any atom is 0.267 e. The molecule has 0 aliphatic rings. The van der Waals surface area contributed by atoms with Gasteiger partial charge in [-0.15, -0.1) is 11.3 Å². The molecule has 0 aliphatic heterocycles. The van der Waals surface area contributed by atoms with Crippen molar-refractivity contribution in [3.8, 4) is 0 Å². The fourth-order valence-corrected chi connectivity index (χ4v) is 4.59. The Morgan fingerprint density at radius 1 is 1.43 bits per heavy atom. The van der Waals surface area contributed by atoms with Gasteiger partial charge in [-0.05, 0) is 35.3 Å². The second kappa shape index (κ2) is 6.29. The highest BCUT2D eigenvalue weighted by Gasteiger charge is 2.22. The molecule has 0 unspecified atom stereocenters. The van der Waals surface area contributed by atoms with Crippen molar-refractivity contribution in [3.63, 3.8) is 0 Å². The Hall–Kier alpha value is -1.19. The summed E-state index contributed by atoms with van der Waals surface area (Å²) in [5, 5.41) is 3.14. The molecule has 2 rings (SSSR count). The maximum absolute atomic E-state index is 12.5. The van der Waals surface area contributed by atoms with E-state index in [0.717, 1.165) is 17.0 Å². The Labute approximate surface area is 136 Å². The van der Waals surface area contributed by atoms with Crippen LogP contribution in [0.5, 0.6) is 0 Å². The standard InChI is InChI=1S/C12H15BrN4O2S2/c1-4-9-7(2)20-12(16-9)17-21(18,19)10-5-8(13)6-15-11(10)14-3/h5-6H,4H2,1-3H3,(H,14,15)(H,16,17). The molecule has 2 aromatic heterocycles. The zero-order valence-electron chi connectivity index (χ0n) is 11.8. The lowest BCUT2D eigenvalue weighted by Gasteiger charge is -2.09. The maximum atomic E-state index is 12.5. The average molecular weight is 391 g/mol. The van der Waals surface area contributed by atoms with Crippen molar-refractivity contribution in [2.45, 2.75) is 25.2 Å². The van der Waals surface area contributed by atoms with Gasteiger partial charge in [0.2, 0.25) is 0 Å². The lowest BCUT2D eigenvalue weighted by Crippen LogP contribution is -2.15. The van der Waals surface area contributed by atoms with E-state index in [1.807, 2.05) is 13.8 Å². The summed E-state index contributed by atoms with van der Waals surface area (Å²) in [5.41, 5.74) is 0.902. The van der Waals surface area contributed by atoms with Crippen LogP contribution in [-0.2, 0) is 16.4 Å². The topological polar surface area (TPSA) is 84.0 Å². The zero-order chi connectivity index (χ0) is 15.6. The summed E-state index contributed by atoms with van der Waals surface area (Å²) in [6.45, 7) is 3.91. The number of nitrogens with one attached hydrogen (secondary N) is 2. The average Bonchev–Trinajstić information content (AvgIpc) is 2.77. The number of thiazole rings is 1. The Balaban J connectivity index is 2.40. The van der Waals surface area contributed by atoms with E-state index in [9.17, 15) is 8.42 Å². The summed E-state index contributed by atoms with van der Waals surface area (Å²) in [4.78, 5) is 9.43. The molecule has 0 aliphatic carbocycles. The Bertz CT molecular complexity index is 759. The van der Waals surface area contributed by atoms with Gasteiger partial charge in [-0.2, -0.15) is 0 Å². The molecule has 2 N–H and O–H groups in total. The third kappa shape index (κ3) is 3.53. The number of hydrogen-bond acceptors (Lipinski definition) is 6. The van der Waals surface area contributed by atoms with Crippen LogP contribution in [0, 0.1) is 6.92 Å². The third-order valence-electron chi connectivity index (χ3n) is 2.79. The van der Waals surface area contributed by atoms with Crippen LogP contribution < -0.4 is 10.0 Å². The molecule has 114 valence electrons. The monoisotopic (exact) mass is 390 g/mol. The first-order valence-corrected chi connectivity index (χ1v) is 9.29. The Morgan fingerprint density at radius 3 is 2.71 bits per heavy atom. The van der Waals surface area contributed by atoms with E-state index < -0.39 is 10.0 Å². The van der Waals surface area contributed by atoms with Gasteiger partial charge in [-0.3, -0.25) is 4.72 Å². The van der Waals surface area contributed by atoms with E-state index in [1.54, 1.807) is 7.05 Å². The van der Waals surface area contributed by atoms with Gasteiger partial charge in [0.1, 0.15) is 10.7 Å². The van der Waals surface area contributed by atoms with Gasteiger partial charge in [-0.1, -0.05) is 6.92 Å². The molecule has 0 saturated heterocycles. The van der Waals surface area contributed by atoms with Crippen molar-refractivity contribution < 1.29 is 8.42 Å². The van der Waals surface area contributed by atoms with Gasteiger partial charge in [0, 0.05) is 22.6 Å². The van der Waals surface area contributed by atoms with Crippen LogP contribution in [0.1, 0.15) is 17.5 Å². The minimum absolute atomic E-state index is 0.0743. The van der Waals surface area contributed by atoms with Crippen molar-refractivity contribution in [2.75, 3.05) is 17.1 Å². The highest BCUT2D eigenvalue weighted by molar-refractivity contribution is 9.10. The molecule has 0 atom stereocenters. The summed E-state index contributed by atoms with van der Waals surface area (Å²) in [5.74, 6) is 0.287. The fourth-order valence-electron chi connectivity index (χ4n) is 1.78. The number of halogens is 1. The first-order valence-electron chi connectivity index (χ1n) is 6.19. The summed E-state index contributed by atoms with van der Waals surface area (Å²) in [6, 6.07) is 1.50. The van der Waals surface area contributed by atoms with Crippen LogP contribution in [0.25, 0.3) is 0 Å². The number of hydrogen-bond donors (Lipinski definition) is 2. The highest BCUT2D eigenvalue weighted by atomic mass is 79.9. The quantitative estimate of drug-likeness (QED) is 0.819. The summed E-state index contributed by atoms with van der Waals surface area (Å²) < 4.78 is 28.1. The largest absolute Gasteiger partial charge is 0.372 e. The molecule has 0 aromatic carbocycles. The minimum atomic E-state index is -3.75. The van der Waals surface area contributed by atoms with E-state index in [-0.39, 0.29) is 10.7 Å². The molecule has 0 spiro atoms. The number of aromatic nitrogens is 2. The smallest absolute Gasteiger partial charge is 0.267 e. The van der Waals surface area contributed by atoms with Crippen molar-refractivity contribution in [3.05, 3.63) is 27.3 Å². The Morgan fingerprint density at radius 2 is 2.14 bits per heavy atom. The molecular formula is C12H15BrN4O2S2. The molecule has 0 amide bonds. The second-order valence-electron chi connectivity index (χ2n) is 4.23. The lowest BCUT2D eigenvalue weighted by atomic mass is 10.3. The van der Waals surface area contributed by atoms with Crippen molar-refractivity contribution >= 4 is 48.2 Å². The number of nitrogens with zero attached hydrogens (tertiary/aromatic N) is 2. The third-order valence-corrected chi connectivity index (χ3v) is 5.64. The SMILES string of the molecule is CCc1nc(NS(=O)(=O)c2cc(Br)cnc2NC)sc1C. The number of sulfonamides is 1. The minimum Gasteiger partial charge on any atom is -0.372 e. The van der Waals surface area contributed by atoms with E-state index >= 15 is 0 Å². The predicted octanol–water partition coefficient (Wildman–Crippen LogP) is 3.01. The van der Waals surface area contributed by atoms with Gasteiger partial charge in [0.05, 0.1) is 5.69 Å². The first kappa shape index (κ1) is 16.2.